The topological polar surface area (TPSA) is 149 Å². The molecule has 0 saturated carbocycles. The number of benzene rings is 2. The van der Waals surface area contributed by atoms with E-state index < -0.39 is 23.8 Å². The molecule has 0 unspecified atom stereocenters. The fourth-order valence-electron chi connectivity index (χ4n) is 4.79. The number of hydrogen-bond donors (Lipinski definition) is 2. The summed E-state index contributed by atoms with van der Waals surface area (Å²) in [6.07, 6.45) is 3.26. The molecule has 10 heteroatoms. The Hall–Kier alpha value is -4.34. The number of carbonyl (C=O) groups excluding carboxylic acids is 4. The molecule has 4 rings (SSSR count). The van der Waals surface area contributed by atoms with E-state index in [1.165, 1.54) is 9.80 Å². The second-order valence-electron chi connectivity index (χ2n) is 9.45. The minimum Gasteiger partial charge on any atom is -0.481 e. The van der Waals surface area contributed by atoms with Gasteiger partial charge in [0.05, 0.1) is 22.3 Å². The SMILES string of the molecule is O=C(O)CCCCCN1C(=O)c2ccc(-c3ccc4c(c3)C(=O)N(CCCCCC(=O)O)C4=O)cc2C1=O. The standard InChI is InChI=1S/C28H28N2O8/c31-23(32)7-3-1-5-13-29-25(35)19-11-9-17(15-21(19)27(29)37)18-10-12-20-22(16-18)28(38)30(26(20)36)14-6-2-4-8-24(33)34/h9-12,15-16H,1-8,13-14H2,(H,31,32)(H,33,34). The van der Waals surface area contributed by atoms with E-state index in [2.05, 4.69) is 0 Å². The molecule has 0 atom stereocenters. The zero-order chi connectivity index (χ0) is 27.4. The first kappa shape index (κ1) is 26.7. The lowest BCUT2D eigenvalue weighted by Gasteiger charge is -2.13. The fourth-order valence-corrected chi connectivity index (χ4v) is 4.79. The number of amides is 4. The van der Waals surface area contributed by atoms with Crippen molar-refractivity contribution in [1.29, 1.82) is 0 Å². The molecule has 0 radical (unpaired) electrons. The summed E-state index contributed by atoms with van der Waals surface area (Å²) in [4.78, 5) is 75.0. The normalized spacial score (nSPS) is 14.3. The van der Waals surface area contributed by atoms with Crippen molar-refractivity contribution in [3.8, 4) is 11.1 Å². The van der Waals surface area contributed by atoms with Crippen molar-refractivity contribution in [2.45, 2.75) is 51.4 Å². The molecule has 2 aliphatic rings. The lowest BCUT2D eigenvalue weighted by atomic mass is 9.97. The number of unbranched alkanes of at least 4 members (excludes halogenated alkanes) is 4. The predicted molar refractivity (Wildman–Crippen MR) is 135 cm³/mol. The van der Waals surface area contributed by atoms with Crippen LogP contribution in [0.25, 0.3) is 11.1 Å². The molecule has 0 spiro atoms. The van der Waals surface area contributed by atoms with Crippen LogP contribution in [-0.4, -0.2) is 68.7 Å². The highest BCUT2D eigenvalue weighted by atomic mass is 16.4. The fraction of sp³-hybridized carbons (Fsp3) is 0.357. The number of hydrogen-bond acceptors (Lipinski definition) is 6. The molecule has 0 aromatic heterocycles. The van der Waals surface area contributed by atoms with Gasteiger partial charge in [0.15, 0.2) is 0 Å². The third-order valence-electron chi connectivity index (χ3n) is 6.82. The molecule has 2 aromatic rings. The van der Waals surface area contributed by atoms with Gasteiger partial charge in [-0.1, -0.05) is 25.0 Å². The Labute approximate surface area is 218 Å². The Morgan fingerprint density at radius 1 is 0.526 bits per heavy atom. The van der Waals surface area contributed by atoms with Crippen LogP contribution in [0.4, 0.5) is 0 Å². The summed E-state index contributed by atoms with van der Waals surface area (Å²) in [6, 6.07) is 9.79. The largest absolute Gasteiger partial charge is 0.481 e. The third-order valence-corrected chi connectivity index (χ3v) is 6.82. The first-order valence-electron chi connectivity index (χ1n) is 12.6. The lowest BCUT2D eigenvalue weighted by Crippen LogP contribution is -2.30. The third kappa shape index (κ3) is 5.49. The molecule has 2 N–H and O–H groups in total. The van der Waals surface area contributed by atoms with Crippen molar-refractivity contribution in [3.63, 3.8) is 0 Å². The van der Waals surface area contributed by atoms with E-state index in [-0.39, 0.29) is 48.9 Å². The van der Waals surface area contributed by atoms with Gasteiger partial charge in [-0.15, -0.1) is 0 Å². The van der Waals surface area contributed by atoms with Crippen LogP contribution >= 0.6 is 0 Å². The van der Waals surface area contributed by atoms with Gasteiger partial charge in [0, 0.05) is 25.9 Å². The molecular weight excluding hydrogens is 492 g/mol. The Kier molecular flexibility index (Phi) is 7.99. The zero-order valence-corrected chi connectivity index (χ0v) is 20.8. The molecule has 38 heavy (non-hydrogen) atoms. The first-order valence-corrected chi connectivity index (χ1v) is 12.6. The molecule has 2 heterocycles. The summed E-state index contributed by atoms with van der Waals surface area (Å²) in [7, 11) is 0. The number of carbonyl (C=O) groups is 6. The highest BCUT2D eigenvalue weighted by Gasteiger charge is 2.37. The summed E-state index contributed by atoms with van der Waals surface area (Å²) < 4.78 is 0. The van der Waals surface area contributed by atoms with Crippen LogP contribution in [0.1, 0.15) is 92.8 Å². The monoisotopic (exact) mass is 520 g/mol. The van der Waals surface area contributed by atoms with Crippen LogP contribution in [0.2, 0.25) is 0 Å². The zero-order valence-electron chi connectivity index (χ0n) is 20.8. The Bertz CT molecular complexity index is 1230. The summed E-state index contributed by atoms with van der Waals surface area (Å²) in [5, 5.41) is 17.5. The van der Waals surface area contributed by atoms with Crippen molar-refractivity contribution < 1.29 is 39.0 Å². The van der Waals surface area contributed by atoms with Crippen LogP contribution in [0, 0.1) is 0 Å². The van der Waals surface area contributed by atoms with E-state index >= 15 is 0 Å². The number of rotatable bonds is 13. The van der Waals surface area contributed by atoms with Gasteiger partial charge in [-0.2, -0.15) is 0 Å². The molecule has 0 bridgehead atoms. The quantitative estimate of drug-likeness (QED) is 0.299. The maximum Gasteiger partial charge on any atom is 0.303 e. The minimum absolute atomic E-state index is 0.0465. The summed E-state index contributed by atoms with van der Waals surface area (Å²) >= 11 is 0. The average molecular weight is 521 g/mol. The number of aliphatic carboxylic acids is 2. The summed E-state index contributed by atoms with van der Waals surface area (Å²) in [5.41, 5.74) is 2.39. The predicted octanol–water partition coefficient (Wildman–Crippen LogP) is 3.84. The molecule has 0 fully saturated rings. The molecular formula is C28H28N2O8. The second kappa shape index (κ2) is 11.4. The van der Waals surface area contributed by atoms with Crippen LogP contribution in [-0.2, 0) is 9.59 Å². The summed E-state index contributed by atoms with van der Waals surface area (Å²) in [6.45, 7) is 0.422. The van der Waals surface area contributed by atoms with E-state index in [0.717, 1.165) is 0 Å². The number of carboxylic acids is 2. The highest BCUT2D eigenvalue weighted by molar-refractivity contribution is 6.23. The van der Waals surface area contributed by atoms with E-state index in [4.69, 9.17) is 10.2 Å². The average Bonchev–Trinajstić information content (AvgIpc) is 3.27. The van der Waals surface area contributed by atoms with Gasteiger partial charge in [0.1, 0.15) is 0 Å². The van der Waals surface area contributed by atoms with Crippen LogP contribution < -0.4 is 0 Å². The number of imide groups is 2. The van der Waals surface area contributed by atoms with Gasteiger partial charge < -0.3 is 10.2 Å². The maximum absolute atomic E-state index is 12.9. The summed E-state index contributed by atoms with van der Waals surface area (Å²) in [5.74, 6) is -3.35. The molecule has 198 valence electrons. The van der Waals surface area contributed by atoms with Crippen LogP contribution in [0.3, 0.4) is 0 Å². The number of carboxylic acid groups (broad SMARTS) is 2. The van der Waals surface area contributed by atoms with E-state index in [0.29, 0.717) is 60.8 Å². The minimum atomic E-state index is -0.878. The molecule has 10 nitrogen and oxygen atoms in total. The second-order valence-corrected chi connectivity index (χ2v) is 9.45. The van der Waals surface area contributed by atoms with Crippen molar-refractivity contribution in [1.82, 2.24) is 9.80 Å². The highest BCUT2D eigenvalue weighted by Crippen LogP contribution is 2.32. The molecule has 0 saturated heterocycles. The molecule has 0 aliphatic carbocycles. The Morgan fingerprint density at radius 3 is 1.26 bits per heavy atom. The number of nitrogens with zero attached hydrogens (tertiary/aromatic N) is 2. The smallest absolute Gasteiger partial charge is 0.303 e. The van der Waals surface area contributed by atoms with Crippen LogP contribution in [0.15, 0.2) is 36.4 Å². The van der Waals surface area contributed by atoms with E-state index in [1.807, 2.05) is 0 Å². The first-order chi connectivity index (χ1) is 18.2. The van der Waals surface area contributed by atoms with Crippen molar-refractivity contribution in [2.24, 2.45) is 0 Å². The number of fused-ring (bicyclic) bond motifs is 2. The maximum atomic E-state index is 12.9. The molecule has 4 amide bonds. The van der Waals surface area contributed by atoms with Gasteiger partial charge in [0.2, 0.25) is 0 Å². The van der Waals surface area contributed by atoms with Gasteiger partial charge in [0.25, 0.3) is 23.6 Å². The van der Waals surface area contributed by atoms with E-state index in [9.17, 15) is 28.8 Å². The lowest BCUT2D eigenvalue weighted by molar-refractivity contribution is -0.138. The van der Waals surface area contributed by atoms with Gasteiger partial charge in [-0.05, 0) is 61.1 Å². The Morgan fingerprint density at radius 2 is 0.895 bits per heavy atom. The van der Waals surface area contributed by atoms with Gasteiger partial charge >= 0.3 is 11.9 Å². The van der Waals surface area contributed by atoms with Crippen molar-refractivity contribution >= 4 is 35.6 Å². The van der Waals surface area contributed by atoms with Crippen molar-refractivity contribution in [2.75, 3.05) is 13.1 Å². The van der Waals surface area contributed by atoms with Crippen LogP contribution in [0.5, 0.6) is 0 Å². The molecule has 2 aliphatic heterocycles. The van der Waals surface area contributed by atoms with Crippen molar-refractivity contribution in [3.05, 3.63) is 58.7 Å². The Balaban J connectivity index is 1.44. The van der Waals surface area contributed by atoms with E-state index in [1.54, 1.807) is 36.4 Å². The van der Waals surface area contributed by atoms with Gasteiger partial charge in [-0.25, -0.2) is 0 Å². The van der Waals surface area contributed by atoms with Gasteiger partial charge in [-0.3, -0.25) is 38.6 Å². The molecule has 2 aromatic carbocycles.